The molecule has 0 amide bonds. The number of thiol groups is 1. The van der Waals surface area contributed by atoms with Gasteiger partial charge >= 0.3 is 0 Å². The van der Waals surface area contributed by atoms with Gasteiger partial charge < -0.3 is 17.1 Å². The maximum atomic E-state index is 5.35. The first-order chi connectivity index (χ1) is 9.11. The lowest BCUT2D eigenvalue weighted by molar-refractivity contribution is 0.759. The molecular formula is C15H22NS3-. The molecule has 0 unspecified atom stereocenters. The Hall–Kier alpha value is -0.190. The summed E-state index contributed by atoms with van der Waals surface area (Å²) in [5.74, 6) is 0. The third-order valence-corrected chi connectivity index (χ3v) is 4.23. The fourth-order valence-electron chi connectivity index (χ4n) is 2.16. The number of rotatable bonds is 7. The first-order valence-corrected chi connectivity index (χ1v) is 8.14. The number of unbranched alkanes of at least 4 members (excludes halogenated alkanes) is 2. The molecular weight excluding hydrogens is 290 g/mol. The molecule has 0 aliphatic carbocycles. The van der Waals surface area contributed by atoms with Crippen molar-refractivity contribution >= 4 is 47.7 Å². The fourth-order valence-corrected chi connectivity index (χ4v) is 2.54. The van der Waals surface area contributed by atoms with Crippen LogP contribution < -0.4 is 4.31 Å². The van der Waals surface area contributed by atoms with Crippen LogP contribution in [0.15, 0.2) is 18.2 Å². The molecule has 4 heteroatoms. The average Bonchev–Trinajstić information content (AvgIpc) is 2.42. The monoisotopic (exact) mass is 312 g/mol. The Balaban J connectivity index is 3.09. The van der Waals surface area contributed by atoms with Gasteiger partial charge in [-0.25, -0.2) is 0 Å². The van der Waals surface area contributed by atoms with Crippen LogP contribution in [-0.4, -0.2) is 4.32 Å². The van der Waals surface area contributed by atoms with E-state index in [1.165, 1.54) is 36.8 Å². The summed E-state index contributed by atoms with van der Waals surface area (Å²) in [7, 11) is 0. The number of aryl methyl sites for hydroxylation is 1. The summed E-state index contributed by atoms with van der Waals surface area (Å²) in [5, 5.41) is 0. The molecule has 0 aliphatic rings. The molecule has 0 fully saturated rings. The van der Waals surface area contributed by atoms with Crippen molar-refractivity contribution in [1.29, 1.82) is 0 Å². The van der Waals surface area contributed by atoms with E-state index < -0.39 is 0 Å². The summed E-state index contributed by atoms with van der Waals surface area (Å²) in [6, 6.07) is 6.34. The van der Waals surface area contributed by atoms with Crippen LogP contribution in [0.25, 0.3) is 0 Å². The molecule has 1 nitrogen and oxygen atoms in total. The van der Waals surface area contributed by atoms with Crippen molar-refractivity contribution in [2.24, 2.45) is 0 Å². The van der Waals surface area contributed by atoms with Gasteiger partial charge in [0.05, 0.1) is 0 Å². The van der Waals surface area contributed by atoms with Gasteiger partial charge in [0.25, 0.3) is 0 Å². The van der Waals surface area contributed by atoms with Crippen molar-refractivity contribution in [3.8, 4) is 0 Å². The predicted octanol–water partition coefficient (Wildman–Crippen LogP) is 4.85. The van der Waals surface area contributed by atoms with E-state index in [0.717, 1.165) is 18.5 Å². The summed E-state index contributed by atoms with van der Waals surface area (Å²) in [6.45, 7) is 4.43. The van der Waals surface area contributed by atoms with Crippen LogP contribution in [0.2, 0.25) is 0 Å². The van der Waals surface area contributed by atoms with Crippen LogP contribution in [0.1, 0.15) is 50.7 Å². The van der Waals surface area contributed by atoms with Crippen LogP contribution in [0, 0.1) is 0 Å². The zero-order valence-electron chi connectivity index (χ0n) is 11.7. The largest absolute Gasteiger partial charge is 0.659 e. The molecule has 0 radical (unpaired) electrons. The van der Waals surface area contributed by atoms with Gasteiger partial charge in [-0.05, 0) is 42.9 Å². The maximum absolute atomic E-state index is 5.35. The highest BCUT2D eigenvalue weighted by Gasteiger charge is 2.09. The highest BCUT2D eigenvalue weighted by atomic mass is 32.1. The fraction of sp³-hybridized carbons (Fsp3) is 0.533. The Morgan fingerprint density at radius 2 is 1.84 bits per heavy atom. The molecule has 0 aliphatic heterocycles. The molecule has 19 heavy (non-hydrogen) atoms. The maximum Gasteiger partial charge on any atom is 0.115 e. The summed E-state index contributed by atoms with van der Waals surface area (Å²) < 4.78 is 2.04. The van der Waals surface area contributed by atoms with E-state index >= 15 is 0 Å². The normalized spacial score (nSPS) is 10.5. The quantitative estimate of drug-likeness (QED) is 0.435. The average molecular weight is 313 g/mol. The van der Waals surface area contributed by atoms with Crippen molar-refractivity contribution in [2.75, 3.05) is 4.31 Å². The van der Waals surface area contributed by atoms with Crippen molar-refractivity contribution in [2.45, 2.75) is 52.4 Å². The van der Waals surface area contributed by atoms with Gasteiger partial charge in [-0.15, -0.1) is 12.6 Å². The summed E-state index contributed by atoms with van der Waals surface area (Å²) in [6.07, 6.45) is 6.97. The zero-order valence-corrected chi connectivity index (χ0v) is 14.2. The predicted molar refractivity (Wildman–Crippen MR) is 95.1 cm³/mol. The number of nitrogens with zero attached hydrogens (tertiary/aromatic N) is 1. The molecule has 0 aromatic heterocycles. The Kier molecular flexibility index (Phi) is 7.88. The molecule has 0 saturated carbocycles. The molecule has 1 aromatic carbocycles. The number of hydrogen-bond acceptors (Lipinski definition) is 2. The Labute approximate surface area is 133 Å². The Morgan fingerprint density at radius 3 is 2.42 bits per heavy atom. The van der Waals surface area contributed by atoms with Crippen molar-refractivity contribution in [1.82, 2.24) is 0 Å². The smallest absolute Gasteiger partial charge is 0.115 e. The second-order valence-corrected chi connectivity index (χ2v) is 6.18. The third-order valence-electron chi connectivity index (χ3n) is 3.22. The highest BCUT2D eigenvalue weighted by Crippen LogP contribution is 2.27. The van der Waals surface area contributed by atoms with E-state index in [2.05, 4.69) is 44.7 Å². The lowest BCUT2D eigenvalue weighted by Crippen LogP contribution is -2.19. The minimum absolute atomic E-state index is 0.445. The second kappa shape index (κ2) is 8.88. The van der Waals surface area contributed by atoms with Gasteiger partial charge in [-0.2, -0.15) is 0 Å². The number of benzene rings is 1. The molecule has 0 heterocycles. The van der Waals surface area contributed by atoms with Gasteiger partial charge in [-0.1, -0.05) is 51.0 Å². The summed E-state index contributed by atoms with van der Waals surface area (Å²) in [5.41, 5.74) is 3.80. The van der Waals surface area contributed by atoms with Gasteiger partial charge in [-0.3, -0.25) is 0 Å². The number of hydrogen-bond donors (Lipinski definition) is 1. The van der Waals surface area contributed by atoms with E-state index in [-0.39, 0.29) is 0 Å². The molecule has 0 saturated heterocycles. The molecule has 0 spiro atoms. The Bertz CT molecular complexity index is 418. The number of anilines is 1. The minimum atomic E-state index is 0.445. The zero-order chi connectivity index (χ0) is 14.3. The highest BCUT2D eigenvalue weighted by molar-refractivity contribution is 8.12. The van der Waals surface area contributed by atoms with E-state index in [1.807, 2.05) is 0 Å². The van der Waals surface area contributed by atoms with Gasteiger partial charge in [0, 0.05) is 5.69 Å². The standard InChI is InChI=1S/C15H22NS3/c1-3-5-8-12-9-7-11-14(16(19)15(17)18)13(12)10-6-4-2/h7,9,11H,3-6,8,10H2,1-2H3,(H,17,18)/q-1. The third kappa shape index (κ3) is 5.01. The first-order valence-electron chi connectivity index (χ1n) is 6.92. The van der Waals surface area contributed by atoms with E-state index in [0.29, 0.717) is 4.32 Å². The molecule has 106 valence electrons. The van der Waals surface area contributed by atoms with Crippen LogP contribution in [-0.2, 0) is 25.7 Å². The van der Waals surface area contributed by atoms with Gasteiger partial charge in [0.1, 0.15) is 4.32 Å². The van der Waals surface area contributed by atoms with Crippen molar-refractivity contribution < 1.29 is 0 Å². The van der Waals surface area contributed by atoms with E-state index in [9.17, 15) is 0 Å². The van der Waals surface area contributed by atoms with Crippen LogP contribution >= 0.6 is 24.8 Å². The summed E-state index contributed by atoms with van der Waals surface area (Å²) >= 11 is 14.6. The number of thiocarbonyl (C=S) groups is 1. The summed E-state index contributed by atoms with van der Waals surface area (Å²) in [4.78, 5) is 0. The van der Waals surface area contributed by atoms with Gasteiger partial charge in [0.15, 0.2) is 0 Å². The topological polar surface area (TPSA) is 3.24 Å². The van der Waals surface area contributed by atoms with Crippen LogP contribution in [0.4, 0.5) is 5.69 Å². The molecule has 0 bridgehead atoms. The second-order valence-electron chi connectivity index (χ2n) is 4.70. The first kappa shape index (κ1) is 16.9. The lowest BCUT2D eigenvalue weighted by Gasteiger charge is -2.33. The van der Waals surface area contributed by atoms with Crippen molar-refractivity contribution in [3.63, 3.8) is 0 Å². The molecule has 0 N–H and O–H groups in total. The minimum Gasteiger partial charge on any atom is -0.659 e. The van der Waals surface area contributed by atoms with Crippen LogP contribution in [0.5, 0.6) is 0 Å². The van der Waals surface area contributed by atoms with E-state index in [4.69, 9.17) is 25.0 Å². The molecule has 1 aromatic rings. The van der Waals surface area contributed by atoms with Crippen molar-refractivity contribution in [3.05, 3.63) is 29.3 Å². The molecule has 1 rings (SSSR count). The van der Waals surface area contributed by atoms with Gasteiger partial charge in [0.2, 0.25) is 0 Å². The molecule has 0 atom stereocenters. The van der Waals surface area contributed by atoms with E-state index in [1.54, 1.807) is 4.31 Å². The van der Waals surface area contributed by atoms with Crippen LogP contribution in [0.3, 0.4) is 0 Å². The lowest BCUT2D eigenvalue weighted by atomic mass is 9.96. The Morgan fingerprint density at radius 1 is 1.21 bits per heavy atom. The SMILES string of the molecule is CCCCc1cccc(N([S-])C(=S)S)c1CCCC.